The first-order valence-electron chi connectivity index (χ1n) is 6.57. The molecule has 0 saturated carbocycles. The van der Waals surface area contributed by atoms with Crippen LogP contribution in [0.1, 0.15) is 23.0 Å². The van der Waals surface area contributed by atoms with Gasteiger partial charge in [-0.1, -0.05) is 46.9 Å². The van der Waals surface area contributed by atoms with Gasteiger partial charge in [-0.25, -0.2) is 9.78 Å². The van der Waals surface area contributed by atoms with Crippen molar-refractivity contribution in [3.63, 3.8) is 0 Å². The first-order valence-corrected chi connectivity index (χ1v) is 7.71. The van der Waals surface area contributed by atoms with Gasteiger partial charge >= 0.3 is 5.97 Å². The van der Waals surface area contributed by atoms with E-state index < -0.39 is 11.7 Å². The Morgan fingerprint density at radius 1 is 1.29 bits per heavy atom. The van der Waals surface area contributed by atoms with Crippen molar-refractivity contribution in [2.75, 3.05) is 12.5 Å². The third-order valence-corrected chi connectivity index (χ3v) is 4.17. The van der Waals surface area contributed by atoms with E-state index in [4.69, 9.17) is 44.6 Å². The number of methoxy groups -OCH3 is 1. The smallest absolute Gasteiger partial charge is 0.356 e. The number of anilines is 1. The summed E-state index contributed by atoms with van der Waals surface area (Å²) in [7, 11) is 1.57. The second-order valence-corrected chi connectivity index (χ2v) is 5.71. The second kappa shape index (κ2) is 7.70. The van der Waals surface area contributed by atoms with Crippen LogP contribution < -0.4 is 10.2 Å². The van der Waals surface area contributed by atoms with E-state index in [1.54, 1.807) is 26.2 Å². The fourth-order valence-electron chi connectivity index (χ4n) is 1.81. The van der Waals surface area contributed by atoms with Crippen molar-refractivity contribution in [2.45, 2.75) is 6.92 Å². The molecule has 0 aliphatic rings. The average Bonchev–Trinajstić information content (AvgIpc) is 2.57. The molecule has 1 aromatic heterocycles. The molecule has 126 valence electrons. The SMILES string of the molecule is COc1cccc(/C(C)=N/Nc2c(Cl)c(Cl)nc(C(=O)O)c2Cl)c1. The summed E-state index contributed by atoms with van der Waals surface area (Å²) in [6.07, 6.45) is 0. The van der Waals surface area contributed by atoms with Gasteiger partial charge in [0, 0.05) is 5.56 Å². The zero-order chi connectivity index (χ0) is 17.9. The Morgan fingerprint density at radius 2 is 2.00 bits per heavy atom. The second-order valence-electron chi connectivity index (χ2n) is 4.60. The molecule has 0 bridgehead atoms. The molecule has 0 fully saturated rings. The van der Waals surface area contributed by atoms with Gasteiger partial charge in [0.05, 0.1) is 18.5 Å². The predicted molar refractivity (Wildman–Crippen MR) is 95.1 cm³/mol. The van der Waals surface area contributed by atoms with E-state index in [2.05, 4.69) is 15.5 Å². The van der Waals surface area contributed by atoms with Gasteiger partial charge in [0.15, 0.2) is 10.8 Å². The highest BCUT2D eigenvalue weighted by Gasteiger charge is 2.20. The number of benzene rings is 1. The number of halogens is 3. The van der Waals surface area contributed by atoms with Gasteiger partial charge in [-0.15, -0.1) is 0 Å². The molecular weight excluding hydrogens is 377 g/mol. The van der Waals surface area contributed by atoms with E-state index in [9.17, 15) is 4.79 Å². The molecule has 0 aliphatic carbocycles. The first-order chi connectivity index (χ1) is 11.3. The van der Waals surface area contributed by atoms with Crippen LogP contribution in [0.15, 0.2) is 29.4 Å². The van der Waals surface area contributed by atoms with Crippen molar-refractivity contribution in [3.8, 4) is 5.75 Å². The van der Waals surface area contributed by atoms with E-state index >= 15 is 0 Å². The van der Waals surface area contributed by atoms with Crippen molar-refractivity contribution in [1.29, 1.82) is 0 Å². The summed E-state index contributed by atoms with van der Waals surface area (Å²) in [5.41, 5.74) is 3.70. The van der Waals surface area contributed by atoms with Crippen LogP contribution in [0.4, 0.5) is 5.69 Å². The number of hydrogen-bond acceptors (Lipinski definition) is 5. The van der Waals surface area contributed by atoms with Gasteiger partial charge < -0.3 is 9.84 Å². The maximum absolute atomic E-state index is 11.1. The highest BCUT2D eigenvalue weighted by molar-refractivity contribution is 6.46. The predicted octanol–water partition coefficient (Wildman–Crippen LogP) is 4.58. The molecule has 1 heterocycles. The minimum absolute atomic E-state index is 0.0196. The Balaban J connectivity index is 2.38. The average molecular weight is 389 g/mol. The number of carboxylic acids is 1. The standard InChI is InChI=1S/C15H12Cl3N3O3/c1-7(8-4-3-5-9(6-8)24-2)20-21-12-10(16)13(15(22)23)19-14(18)11(12)17/h3-6H,1-2H3,(H,19,21)(H,22,23)/b20-7+. The molecule has 6 nitrogen and oxygen atoms in total. The van der Waals surface area contributed by atoms with Crippen LogP contribution in [0.5, 0.6) is 5.75 Å². The molecule has 9 heteroatoms. The molecule has 24 heavy (non-hydrogen) atoms. The van der Waals surface area contributed by atoms with Gasteiger partial charge in [0.1, 0.15) is 15.8 Å². The van der Waals surface area contributed by atoms with Crippen molar-refractivity contribution in [3.05, 3.63) is 50.7 Å². The van der Waals surface area contributed by atoms with E-state index in [0.717, 1.165) is 5.56 Å². The molecule has 0 radical (unpaired) electrons. The Labute approximate surface area is 153 Å². The Hall–Kier alpha value is -2.02. The molecule has 0 amide bonds. The lowest BCUT2D eigenvalue weighted by Crippen LogP contribution is -2.06. The largest absolute Gasteiger partial charge is 0.497 e. The third-order valence-electron chi connectivity index (χ3n) is 3.06. The van der Waals surface area contributed by atoms with Crippen LogP contribution >= 0.6 is 34.8 Å². The minimum Gasteiger partial charge on any atom is -0.497 e. The lowest BCUT2D eigenvalue weighted by molar-refractivity contribution is 0.0691. The van der Waals surface area contributed by atoms with Crippen LogP contribution in [-0.2, 0) is 0 Å². The summed E-state index contributed by atoms with van der Waals surface area (Å²) in [6, 6.07) is 7.26. The summed E-state index contributed by atoms with van der Waals surface area (Å²) >= 11 is 17.9. The molecule has 0 aliphatic heterocycles. The molecule has 0 saturated heterocycles. The highest BCUT2D eigenvalue weighted by Crippen LogP contribution is 2.36. The van der Waals surface area contributed by atoms with Gasteiger partial charge in [-0.05, 0) is 19.1 Å². The summed E-state index contributed by atoms with van der Waals surface area (Å²) < 4.78 is 5.16. The van der Waals surface area contributed by atoms with Crippen molar-refractivity contribution in [1.82, 2.24) is 4.98 Å². The summed E-state index contributed by atoms with van der Waals surface area (Å²) in [6.45, 7) is 1.75. The van der Waals surface area contributed by atoms with E-state index in [1.165, 1.54) is 0 Å². The fraction of sp³-hybridized carbons (Fsp3) is 0.133. The number of carboxylic acid groups (broad SMARTS) is 1. The molecule has 2 rings (SSSR count). The van der Waals surface area contributed by atoms with Gasteiger partial charge in [-0.2, -0.15) is 5.10 Å². The molecule has 1 aromatic carbocycles. The molecule has 0 atom stereocenters. The Bertz CT molecular complexity index is 825. The van der Waals surface area contributed by atoms with E-state index in [0.29, 0.717) is 11.5 Å². The molecule has 0 spiro atoms. The zero-order valence-corrected chi connectivity index (χ0v) is 14.9. The molecule has 2 aromatic rings. The third kappa shape index (κ3) is 3.90. The number of nitrogens with one attached hydrogen (secondary N) is 1. The maximum atomic E-state index is 11.1. The minimum atomic E-state index is -1.32. The number of hydrogen-bond donors (Lipinski definition) is 2. The van der Waals surface area contributed by atoms with E-state index in [-0.39, 0.29) is 20.9 Å². The summed E-state index contributed by atoms with van der Waals surface area (Å²) in [5, 5.41) is 12.9. The summed E-state index contributed by atoms with van der Waals surface area (Å²) in [5.74, 6) is -0.645. The van der Waals surface area contributed by atoms with E-state index in [1.807, 2.05) is 12.1 Å². The monoisotopic (exact) mass is 387 g/mol. The lowest BCUT2D eigenvalue weighted by atomic mass is 10.1. The summed E-state index contributed by atoms with van der Waals surface area (Å²) in [4.78, 5) is 14.8. The fourth-order valence-corrected chi connectivity index (χ4v) is 2.47. The number of carbonyl (C=O) groups is 1. The van der Waals surface area contributed by atoms with Crippen molar-refractivity contribution < 1.29 is 14.6 Å². The van der Waals surface area contributed by atoms with Crippen LogP contribution in [0, 0.1) is 0 Å². The Morgan fingerprint density at radius 3 is 2.62 bits per heavy atom. The number of ether oxygens (including phenoxy) is 1. The number of nitrogens with zero attached hydrogens (tertiary/aromatic N) is 2. The van der Waals surface area contributed by atoms with Crippen LogP contribution in [-0.4, -0.2) is 28.9 Å². The molecule has 0 unspecified atom stereocenters. The van der Waals surface area contributed by atoms with Crippen molar-refractivity contribution in [2.24, 2.45) is 5.10 Å². The lowest BCUT2D eigenvalue weighted by Gasteiger charge is -2.11. The van der Waals surface area contributed by atoms with Crippen LogP contribution in [0.2, 0.25) is 15.2 Å². The highest BCUT2D eigenvalue weighted by atomic mass is 35.5. The number of aromatic nitrogens is 1. The van der Waals surface area contributed by atoms with Gasteiger partial charge in [-0.3, -0.25) is 5.43 Å². The van der Waals surface area contributed by atoms with Crippen LogP contribution in [0.3, 0.4) is 0 Å². The molecular formula is C15H12Cl3N3O3. The topological polar surface area (TPSA) is 83.8 Å². The quantitative estimate of drug-likeness (QED) is 0.445. The number of aromatic carboxylic acids is 1. The normalized spacial score (nSPS) is 11.3. The van der Waals surface area contributed by atoms with Gasteiger partial charge in [0.2, 0.25) is 0 Å². The number of hydrazone groups is 1. The van der Waals surface area contributed by atoms with Crippen LogP contribution in [0.25, 0.3) is 0 Å². The zero-order valence-electron chi connectivity index (χ0n) is 12.6. The Kier molecular flexibility index (Phi) is 5.88. The van der Waals surface area contributed by atoms with Gasteiger partial charge in [0.25, 0.3) is 0 Å². The first kappa shape index (κ1) is 18.3. The van der Waals surface area contributed by atoms with Crippen molar-refractivity contribution >= 4 is 52.2 Å². The molecule has 2 N–H and O–H groups in total. The number of pyridine rings is 1. The maximum Gasteiger partial charge on any atom is 0.356 e. The number of rotatable bonds is 5.